The summed E-state index contributed by atoms with van der Waals surface area (Å²) in [7, 11) is 0. The Bertz CT molecular complexity index is 738. The minimum atomic E-state index is 0.357. The second-order valence-electron chi connectivity index (χ2n) is 7.48. The van der Waals surface area contributed by atoms with Crippen molar-refractivity contribution < 1.29 is 0 Å². The summed E-state index contributed by atoms with van der Waals surface area (Å²) >= 11 is 0. The molecule has 2 N–H and O–H groups in total. The number of aryl methyl sites for hydroxylation is 1. The Labute approximate surface area is 169 Å². The molecule has 1 atom stereocenters. The largest absolute Gasteiger partial charge is 0.357 e. The van der Waals surface area contributed by atoms with Gasteiger partial charge < -0.3 is 15.5 Å². The Hall–Kier alpha value is -2.56. The molecule has 2 heterocycles. The predicted octanol–water partition coefficient (Wildman–Crippen LogP) is 3.76. The number of hydrogen-bond acceptors (Lipinski definition) is 3. The van der Waals surface area contributed by atoms with E-state index in [1.165, 1.54) is 24.0 Å². The Balaban J connectivity index is 1.55. The average Bonchev–Trinajstić information content (AvgIpc) is 3.27. The van der Waals surface area contributed by atoms with Crippen molar-refractivity contribution in [2.75, 3.05) is 24.5 Å². The summed E-state index contributed by atoms with van der Waals surface area (Å²) in [6, 6.07) is 15.2. The number of pyridine rings is 1. The van der Waals surface area contributed by atoms with Crippen LogP contribution in [0, 0.1) is 0 Å². The highest BCUT2D eigenvalue weighted by molar-refractivity contribution is 5.80. The molecule has 1 aliphatic heterocycles. The lowest BCUT2D eigenvalue weighted by Gasteiger charge is -2.18. The van der Waals surface area contributed by atoms with Gasteiger partial charge >= 0.3 is 0 Å². The van der Waals surface area contributed by atoms with Crippen LogP contribution in [0.3, 0.4) is 0 Å². The smallest absolute Gasteiger partial charge is 0.191 e. The van der Waals surface area contributed by atoms with Gasteiger partial charge in [-0.25, -0.2) is 9.98 Å². The second kappa shape index (κ2) is 10.7. The number of aliphatic imine (C=N–C) groups is 1. The Morgan fingerprint density at radius 3 is 2.68 bits per heavy atom. The monoisotopic (exact) mass is 379 g/mol. The first-order chi connectivity index (χ1) is 13.7. The minimum Gasteiger partial charge on any atom is -0.357 e. The van der Waals surface area contributed by atoms with E-state index in [0.717, 1.165) is 44.3 Å². The van der Waals surface area contributed by atoms with Crippen molar-refractivity contribution in [2.24, 2.45) is 4.99 Å². The van der Waals surface area contributed by atoms with E-state index >= 15 is 0 Å². The fraction of sp³-hybridized carbons (Fsp3) is 0.478. The van der Waals surface area contributed by atoms with Gasteiger partial charge in [0.15, 0.2) is 5.96 Å². The number of hydrogen-bond donors (Lipinski definition) is 2. The lowest BCUT2D eigenvalue weighted by atomic mass is 10.1. The summed E-state index contributed by atoms with van der Waals surface area (Å²) in [5.41, 5.74) is 2.58. The minimum absolute atomic E-state index is 0.357. The lowest BCUT2D eigenvalue weighted by molar-refractivity contribution is 0.593. The zero-order chi connectivity index (χ0) is 19.6. The third kappa shape index (κ3) is 6.25. The van der Waals surface area contributed by atoms with Crippen LogP contribution in [0.2, 0.25) is 0 Å². The molecule has 1 unspecified atom stereocenters. The highest BCUT2D eigenvalue weighted by Crippen LogP contribution is 2.18. The molecular formula is C23H33N5. The maximum Gasteiger partial charge on any atom is 0.191 e. The van der Waals surface area contributed by atoms with Crippen LogP contribution >= 0.6 is 0 Å². The van der Waals surface area contributed by atoms with Crippen LogP contribution in [0.4, 0.5) is 5.82 Å². The van der Waals surface area contributed by atoms with Crippen LogP contribution in [0.15, 0.2) is 53.7 Å². The number of guanidine groups is 1. The first kappa shape index (κ1) is 20.2. The van der Waals surface area contributed by atoms with Crippen molar-refractivity contribution in [3.05, 3.63) is 59.8 Å². The van der Waals surface area contributed by atoms with E-state index in [-0.39, 0.29) is 0 Å². The normalized spacial score (nSPS) is 15.5. The van der Waals surface area contributed by atoms with Gasteiger partial charge in [0.25, 0.3) is 0 Å². The molecule has 150 valence electrons. The highest BCUT2D eigenvalue weighted by Gasteiger charge is 2.13. The second-order valence-corrected chi connectivity index (χ2v) is 7.48. The van der Waals surface area contributed by atoms with E-state index in [9.17, 15) is 0 Å². The van der Waals surface area contributed by atoms with E-state index < -0.39 is 0 Å². The van der Waals surface area contributed by atoms with Gasteiger partial charge in [0.1, 0.15) is 5.82 Å². The third-order valence-corrected chi connectivity index (χ3v) is 5.10. The Morgan fingerprint density at radius 2 is 1.93 bits per heavy atom. The fourth-order valence-corrected chi connectivity index (χ4v) is 3.50. The molecule has 0 amide bonds. The number of nitrogens with zero attached hydrogens (tertiary/aromatic N) is 3. The molecule has 5 heteroatoms. The molecule has 0 aliphatic carbocycles. The number of anilines is 1. The van der Waals surface area contributed by atoms with E-state index in [1.54, 1.807) is 0 Å². The van der Waals surface area contributed by atoms with Crippen molar-refractivity contribution in [1.82, 2.24) is 15.6 Å². The average molecular weight is 380 g/mol. The lowest BCUT2D eigenvalue weighted by Crippen LogP contribution is -2.42. The summed E-state index contributed by atoms with van der Waals surface area (Å²) < 4.78 is 0. The standard InChI is InChI=1S/C23H33N5/c1-3-24-23(27-19(2)11-12-20-9-5-4-6-10-20)26-18-21-13-14-25-22(17-21)28-15-7-8-16-28/h4-6,9-10,13-14,17,19H,3,7-8,11-12,15-16,18H2,1-2H3,(H2,24,26,27). The van der Waals surface area contributed by atoms with Crippen LogP contribution in [0.1, 0.15) is 44.2 Å². The van der Waals surface area contributed by atoms with Gasteiger partial charge in [0.2, 0.25) is 0 Å². The van der Waals surface area contributed by atoms with Gasteiger partial charge in [-0.05, 0) is 62.8 Å². The van der Waals surface area contributed by atoms with E-state index in [2.05, 4.69) is 76.8 Å². The van der Waals surface area contributed by atoms with Crippen LogP contribution in [-0.4, -0.2) is 36.6 Å². The molecule has 1 aromatic carbocycles. The Morgan fingerprint density at radius 1 is 1.14 bits per heavy atom. The van der Waals surface area contributed by atoms with Crippen molar-refractivity contribution in [3.63, 3.8) is 0 Å². The molecule has 0 spiro atoms. The van der Waals surface area contributed by atoms with Crippen molar-refractivity contribution in [2.45, 2.75) is 52.1 Å². The molecule has 0 saturated carbocycles. The molecule has 1 saturated heterocycles. The SMILES string of the molecule is CCNC(=NCc1ccnc(N2CCCC2)c1)NC(C)CCc1ccccc1. The van der Waals surface area contributed by atoms with Gasteiger partial charge in [-0.3, -0.25) is 0 Å². The quantitative estimate of drug-likeness (QED) is 0.542. The number of benzene rings is 1. The Kier molecular flexibility index (Phi) is 7.71. The summed E-state index contributed by atoms with van der Waals surface area (Å²) in [6.07, 6.45) is 6.57. The molecule has 0 radical (unpaired) electrons. The molecule has 1 aliphatic rings. The van der Waals surface area contributed by atoms with Gasteiger partial charge in [-0.2, -0.15) is 0 Å². The number of aromatic nitrogens is 1. The van der Waals surface area contributed by atoms with Gasteiger partial charge in [-0.1, -0.05) is 30.3 Å². The fourth-order valence-electron chi connectivity index (χ4n) is 3.50. The summed E-state index contributed by atoms with van der Waals surface area (Å²) in [6.45, 7) is 8.06. The zero-order valence-electron chi connectivity index (χ0n) is 17.2. The maximum atomic E-state index is 4.79. The predicted molar refractivity (Wildman–Crippen MR) is 118 cm³/mol. The summed E-state index contributed by atoms with van der Waals surface area (Å²) in [4.78, 5) is 11.7. The molecular weight excluding hydrogens is 346 g/mol. The van der Waals surface area contributed by atoms with E-state index in [0.29, 0.717) is 12.6 Å². The summed E-state index contributed by atoms with van der Waals surface area (Å²) in [5, 5.41) is 6.91. The third-order valence-electron chi connectivity index (χ3n) is 5.10. The van der Waals surface area contributed by atoms with Gasteiger partial charge in [0.05, 0.1) is 6.54 Å². The maximum absolute atomic E-state index is 4.79. The molecule has 0 bridgehead atoms. The first-order valence-corrected chi connectivity index (χ1v) is 10.5. The van der Waals surface area contributed by atoms with Crippen molar-refractivity contribution in [3.8, 4) is 0 Å². The highest BCUT2D eigenvalue weighted by atomic mass is 15.2. The van der Waals surface area contributed by atoms with Crippen LogP contribution in [0.25, 0.3) is 0 Å². The number of nitrogens with one attached hydrogen (secondary N) is 2. The van der Waals surface area contributed by atoms with Crippen LogP contribution in [0.5, 0.6) is 0 Å². The topological polar surface area (TPSA) is 52.6 Å². The van der Waals surface area contributed by atoms with Crippen LogP contribution < -0.4 is 15.5 Å². The molecule has 5 nitrogen and oxygen atoms in total. The van der Waals surface area contributed by atoms with Gasteiger partial charge in [-0.15, -0.1) is 0 Å². The zero-order valence-corrected chi connectivity index (χ0v) is 17.2. The summed E-state index contributed by atoms with van der Waals surface area (Å²) in [5.74, 6) is 1.96. The molecule has 2 aromatic rings. The first-order valence-electron chi connectivity index (χ1n) is 10.5. The van der Waals surface area contributed by atoms with Crippen molar-refractivity contribution >= 4 is 11.8 Å². The molecule has 28 heavy (non-hydrogen) atoms. The molecule has 1 fully saturated rings. The number of rotatable bonds is 8. The van der Waals surface area contributed by atoms with E-state index in [4.69, 9.17) is 4.99 Å². The molecule has 3 rings (SSSR count). The van der Waals surface area contributed by atoms with Gasteiger partial charge in [0, 0.05) is 31.9 Å². The van der Waals surface area contributed by atoms with E-state index in [1.807, 2.05) is 6.20 Å². The van der Waals surface area contributed by atoms with Crippen molar-refractivity contribution in [1.29, 1.82) is 0 Å². The molecule has 1 aromatic heterocycles. The van der Waals surface area contributed by atoms with Crippen LogP contribution in [-0.2, 0) is 13.0 Å².